The molecule has 0 saturated carbocycles. The van der Waals surface area contributed by atoms with Crippen molar-refractivity contribution >= 4 is 41.8 Å². The molecule has 18 heteroatoms. The monoisotopic (exact) mass is 635 g/mol. The SMILES string of the molecule is CC(=O)OC[C@H]1O[C@@H](N)[C@H](OC(C)=O)[C@@H](OC(C)=O)[C@@H]1O[C@@H]1O[C@H](COC(C)=O)[C@@H](OC(C)=O)[C@H](OC(C)=O)[C@H]1OC(C)=O. The van der Waals surface area contributed by atoms with Crippen LogP contribution in [0.1, 0.15) is 48.5 Å². The topological polar surface area (TPSA) is 238 Å². The van der Waals surface area contributed by atoms with Crippen molar-refractivity contribution in [2.45, 2.75) is 110 Å². The van der Waals surface area contributed by atoms with Gasteiger partial charge >= 0.3 is 41.8 Å². The van der Waals surface area contributed by atoms with Crippen LogP contribution in [-0.2, 0) is 80.9 Å². The quantitative estimate of drug-likeness (QED) is 0.202. The van der Waals surface area contributed by atoms with E-state index in [0.29, 0.717) is 0 Å². The summed E-state index contributed by atoms with van der Waals surface area (Å²) in [6.07, 6.45) is -15.1. The van der Waals surface area contributed by atoms with E-state index in [4.69, 9.17) is 53.1 Å². The van der Waals surface area contributed by atoms with E-state index in [1.165, 1.54) is 0 Å². The van der Waals surface area contributed by atoms with Gasteiger partial charge in [-0.15, -0.1) is 0 Å². The maximum atomic E-state index is 12.2. The Hall–Kier alpha value is -3.87. The van der Waals surface area contributed by atoms with Crippen LogP contribution in [0.15, 0.2) is 0 Å². The summed E-state index contributed by atoms with van der Waals surface area (Å²) >= 11 is 0. The van der Waals surface area contributed by atoms with Gasteiger partial charge in [-0.2, -0.15) is 0 Å². The smallest absolute Gasteiger partial charge is 0.303 e. The van der Waals surface area contributed by atoms with Gasteiger partial charge in [0.05, 0.1) is 0 Å². The molecule has 2 rings (SSSR count). The van der Waals surface area contributed by atoms with Crippen LogP contribution in [0, 0.1) is 0 Å². The first-order chi connectivity index (χ1) is 20.5. The molecule has 0 aromatic carbocycles. The highest BCUT2D eigenvalue weighted by Crippen LogP contribution is 2.34. The summed E-state index contributed by atoms with van der Waals surface area (Å²) in [6, 6.07) is 0. The van der Waals surface area contributed by atoms with Crippen LogP contribution < -0.4 is 5.73 Å². The van der Waals surface area contributed by atoms with Gasteiger partial charge in [0.2, 0.25) is 0 Å². The fourth-order valence-electron chi connectivity index (χ4n) is 4.55. The molecule has 2 aliphatic rings. The van der Waals surface area contributed by atoms with Crippen LogP contribution in [-0.4, -0.2) is 116 Å². The molecular weight excluding hydrogens is 598 g/mol. The van der Waals surface area contributed by atoms with E-state index in [1.807, 2.05) is 0 Å². The summed E-state index contributed by atoms with van der Waals surface area (Å²) in [6.45, 7) is 6.39. The molecule has 248 valence electrons. The highest BCUT2D eigenvalue weighted by molar-refractivity contribution is 5.69. The number of hydrogen-bond acceptors (Lipinski definition) is 18. The standard InChI is InChI=1S/C26H37NO17/c1-10(28)35-8-17-20(21(38-13(4)31)23(25(27)42-17)40-15(6)33)44-26-24(41-16(7)34)22(39-14(5)32)19(37-12(3)30)18(43-26)9-36-11(2)29/h17-26H,8-9,27H2,1-7H3/t17-,18-,19-,20-,21+,22+,23-,24-,25-,26+/m1/s1. The van der Waals surface area contributed by atoms with Crippen molar-refractivity contribution in [3.05, 3.63) is 0 Å². The van der Waals surface area contributed by atoms with E-state index in [-0.39, 0.29) is 0 Å². The molecule has 0 spiro atoms. The number of ether oxygens (including phenoxy) is 10. The minimum atomic E-state index is -1.76. The Morgan fingerprint density at radius 2 is 0.841 bits per heavy atom. The van der Waals surface area contributed by atoms with E-state index < -0.39 is 116 Å². The molecule has 0 radical (unpaired) electrons. The first-order valence-corrected chi connectivity index (χ1v) is 13.3. The molecule has 2 saturated heterocycles. The zero-order chi connectivity index (χ0) is 33.3. The molecule has 0 bridgehead atoms. The Morgan fingerprint density at radius 3 is 1.27 bits per heavy atom. The van der Waals surface area contributed by atoms with Crippen molar-refractivity contribution in [1.82, 2.24) is 0 Å². The summed E-state index contributed by atoms with van der Waals surface area (Å²) in [4.78, 5) is 83.6. The van der Waals surface area contributed by atoms with E-state index >= 15 is 0 Å². The van der Waals surface area contributed by atoms with E-state index in [2.05, 4.69) is 0 Å². The van der Waals surface area contributed by atoms with E-state index in [0.717, 1.165) is 48.5 Å². The second-order valence-corrected chi connectivity index (χ2v) is 9.76. The number of hydrogen-bond donors (Lipinski definition) is 1. The van der Waals surface area contributed by atoms with E-state index in [9.17, 15) is 33.6 Å². The third-order valence-corrected chi connectivity index (χ3v) is 5.96. The molecule has 18 nitrogen and oxygen atoms in total. The Morgan fingerprint density at radius 1 is 0.477 bits per heavy atom. The molecule has 2 heterocycles. The maximum absolute atomic E-state index is 12.2. The Bertz CT molecular complexity index is 1090. The van der Waals surface area contributed by atoms with Crippen LogP contribution in [0.3, 0.4) is 0 Å². The first kappa shape index (κ1) is 36.3. The third-order valence-electron chi connectivity index (χ3n) is 5.96. The highest BCUT2D eigenvalue weighted by Gasteiger charge is 2.57. The summed E-state index contributed by atoms with van der Waals surface area (Å²) < 4.78 is 54.8. The average Bonchev–Trinajstić information content (AvgIpc) is 2.87. The Balaban J connectivity index is 2.66. The molecule has 0 aliphatic carbocycles. The summed E-state index contributed by atoms with van der Waals surface area (Å²) in [7, 11) is 0. The lowest BCUT2D eigenvalue weighted by molar-refractivity contribution is -0.344. The second kappa shape index (κ2) is 16.3. The van der Waals surface area contributed by atoms with Crippen molar-refractivity contribution in [2.24, 2.45) is 5.73 Å². The molecular formula is C26H37NO17. The van der Waals surface area contributed by atoms with Gasteiger partial charge < -0.3 is 53.1 Å². The third kappa shape index (κ3) is 10.7. The lowest BCUT2D eigenvalue weighted by Gasteiger charge is -2.48. The van der Waals surface area contributed by atoms with E-state index in [1.54, 1.807) is 0 Å². The molecule has 44 heavy (non-hydrogen) atoms. The lowest BCUT2D eigenvalue weighted by Crippen LogP contribution is -2.68. The van der Waals surface area contributed by atoms with Gasteiger partial charge in [0.25, 0.3) is 0 Å². The molecule has 0 aromatic rings. The minimum absolute atomic E-state index is 0.510. The van der Waals surface area contributed by atoms with Crippen LogP contribution in [0.25, 0.3) is 0 Å². The van der Waals surface area contributed by atoms with Crippen LogP contribution in [0.5, 0.6) is 0 Å². The molecule has 0 amide bonds. The number of carbonyl (C=O) groups excluding carboxylic acids is 7. The van der Waals surface area contributed by atoms with Gasteiger partial charge in [-0.25, -0.2) is 0 Å². The summed E-state index contributed by atoms with van der Waals surface area (Å²) in [5.41, 5.74) is 6.07. The number of esters is 7. The maximum Gasteiger partial charge on any atom is 0.303 e. The van der Waals surface area contributed by atoms with Gasteiger partial charge in [0.1, 0.15) is 37.8 Å². The molecule has 10 atom stereocenters. The van der Waals surface area contributed by atoms with Gasteiger partial charge in [-0.05, 0) is 0 Å². The van der Waals surface area contributed by atoms with Gasteiger partial charge in [-0.3, -0.25) is 33.6 Å². The van der Waals surface area contributed by atoms with Crippen molar-refractivity contribution in [3.63, 3.8) is 0 Å². The lowest BCUT2D eigenvalue weighted by atomic mass is 9.95. The molecule has 2 fully saturated rings. The normalized spacial score (nSPS) is 31.5. The minimum Gasteiger partial charge on any atom is -0.463 e. The number of nitrogens with two attached hydrogens (primary N) is 1. The zero-order valence-electron chi connectivity index (χ0n) is 25.2. The summed E-state index contributed by atoms with van der Waals surface area (Å²) in [5.74, 6) is -5.79. The number of rotatable bonds is 11. The van der Waals surface area contributed by atoms with Crippen molar-refractivity contribution in [1.29, 1.82) is 0 Å². The summed E-state index contributed by atoms with van der Waals surface area (Å²) in [5, 5.41) is 0. The Labute approximate surface area is 251 Å². The van der Waals surface area contributed by atoms with Crippen molar-refractivity contribution in [2.75, 3.05) is 13.2 Å². The van der Waals surface area contributed by atoms with Gasteiger partial charge in [0.15, 0.2) is 36.8 Å². The molecule has 2 aliphatic heterocycles. The van der Waals surface area contributed by atoms with Crippen molar-refractivity contribution < 1.29 is 80.9 Å². The Kier molecular flexibility index (Phi) is 13.4. The molecule has 0 aromatic heterocycles. The first-order valence-electron chi connectivity index (χ1n) is 13.3. The zero-order valence-corrected chi connectivity index (χ0v) is 25.2. The predicted molar refractivity (Wildman–Crippen MR) is 137 cm³/mol. The average molecular weight is 636 g/mol. The molecule has 2 N–H and O–H groups in total. The second-order valence-electron chi connectivity index (χ2n) is 9.76. The predicted octanol–water partition coefficient (Wildman–Crippen LogP) is -1.44. The van der Waals surface area contributed by atoms with Gasteiger partial charge in [-0.1, -0.05) is 0 Å². The fraction of sp³-hybridized carbons (Fsp3) is 0.731. The largest absolute Gasteiger partial charge is 0.463 e. The fourth-order valence-corrected chi connectivity index (χ4v) is 4.55. The highest BCUT2D eigenvalue weighted by atomic mass is 16.8. The molecule has 0 unspecified atom stereocenters. The van der Waals surface area contributed by atoms with Crippen molar-refractivity contribution in [3.8, 4) is 0 Å². The van der Waals surface area contributed by atoms with Gasteiger partial charge in [0, 0.05) is 48.5 Å². The van der Waals surface area contributed by atoms with Crippen LogP contribution >= 0.6 is 0 Å². The van der Waals surface area contributed by atoms with Crippen LogP contribution in [0.4, 0.5) is 0 Å². The van der Waals surface area contributed by atoms with Crippen LogP contribution in [0.2, 0.25) is 0 Å². The number of carbonyl (C=O) groups is 7.